The molecule has 0 radical (unpaired) electrons. The number of amides is 3. The first kappa shape index (κ1) is 20.1. The van der Waals surface area contributed by atoms with Gasteiger partial charge in [-0.2, -0.15) is 5.01 Å². The highest BCUT2D eigenvalue weighted by atomic mass is 32.2. The van der Waals surface area contributed by atoms with E-state index < -0.39 is 32.7 Å². The number of imide groups is 1. The van der Waals surface area contributed by atoms with E-state index in [1.165, 1.54) is 24.3 Å². The Morgan fingerprint density at radius 2 is 1.65 bits per heavy atom. The van der Waals surface area contributed by atoms with Crippen LogP contribution in [0.1, 0.15) is 31.1 Å². The number of nitrogens with zero attached hydrogens (tertiary/aromatic N) is 2. The third-order valence-electron chi connectivity index (χ3n) is 4.70. The van der Waals surface area contributed by atoms with Crippen LogP contribution in [0.25, 0.3) is 10.8 Å². The van der Waals surface area contributed by atoms with E-state index >= 15 is 0 Å². The van der Waals surface area contributed by atoms with Crippen LogP contribution in [0.3, 0.4) is 0 Å². The Balaban J connectivity index is 1.72. The summed E-state index contributed by atoms with van der Waals surface area (Å²) in [5.74, 6) is -2.62. The molecule has 3 aromatic rings. The van der Waals surface area contributed by atoms with Gasteiger partial charge in [-0.05, 0) is 35.7 Å². The summed E-state index contributed by atoms with van der Waals surface area (Å²) in [7, 11) is -3.96. The first-order valence-corrected chi connectivity index (χ1v) is 10.2. The number of nitro benzene ring substituents is 1. The highest BCUT2D eigenvalue weighted by Crippen LogP contribution is 2.33. The van der Waals surface area contributed by atoms with Crippen molar-refractivity contribution in [1.82, 2.24) is 10.4 Å². The van der Waals surface area contributed by atoms with Gasteiger partial charge < -0.3 is 0 Å². The zero-order chi connectivity index (χ0) is 22.5. The maximum Gasteiger partial charge on any atom is 0.280 e. The summed E-state index contributed by atoms with van der Waals surface area (Å²) in [6.07, 6.45) is 0. The number of rotatable bonds is 4. The molecule has 0 saturated carbocycles. The van der Waals surface area contributed by atoms with E-state index in [1.54, 1.807) is 0 Å². The van der Waals surface area contributed by atoms with Crippen LogP contribution in [-0.2, 0) is 10.0 Å². The zero-order valence-electron chi connectivity index (χ0n) is 15.4. The van der Waals surface area contributed by atoms with Crippen LogP contribution in [0.5, 0.6) is 0 Å². The van der Waals surface area contributed by atoms with Crippen molar-refractivity contribution in [3.05, 3.63) is 81.4 Å². The molecule has 1 aliphatic heterocycles. The lowest BCUT2D eigenvalue weighted by atomic mass is 9.94. The molecule has 0 unspecified atom stereocenters. The normalized spacial score (nSPS) is 13.4. The monoisotopic (exact) mass is 440 g/mol. The van der Waals surface area contributed by atoms with Crippen LogP contribution in [0.2, 0.25) is 0 Å². The van der Waals surface area contributed by atoms with Crippen molar-refractivity contribution in [2.75, 3.05) is 0 Å². The van der Waals surface area contributed by atoms with Gasteiger partial charge >= 0.3 is 0 Å². The number of nitrogens with two attached hydrogens (primary N) is 1. The van der Waals surface area contributed by atoms with Crippen molar-refractivity contribution in [2.24, 2.45) is 5.14 Å². The van der Waals surface area contributed by atoms with Crippen molar-refractivity contribution >= 4 is 44.2 Å². The van der Waals surface area contributed by atoms with Gasteiger partial charge in [0.15, 0.2) is 0 Å². The summed E-state index contributed by atoms with van der Waals surface area (Å²) in [5.41, 5.74) is 1.77. The second-order valence-electron chi connectivity index (χ2n) is 6.61. The molecule has 12 heteroatoms. The summed E-state index contributed by atoms with van der Waals surface area (Å²) in [5, 5.41) is 17.3. The number of nitro groups is 1. The lowest BCUT2D eigenvalue weighted by molar-refractivity contribution is -0.384. The Morgan fingerprint density at radius 3 is 2.26 bits per heavy atom. The van der Waals surface area contributed by atoms with Crippen LogP contribution in [-0.4, -0.2) is 36.1 Å². The molecule has 3 N–H and O–H groups in total. The highest BCUT2D eigenvalue weighted by Gasteiger charge is 2.35. The molecule has 1 aliphatic rings. The maximum absolute atomic E-state index is 12.9. The molecular formula is C19H12N4O7S. The van der Waals surface area contributed by atoms with Gasteiger partial charge in [-0.3, -0.25) is 29.9 Å². The van der Waals surface area contributed by atoms with Gasteiger partial charge in [0, 0.05) is 23.1 Å². The fourth-order valence-electron chi connectivity index (χ4n) is 3.26. The number of hydrogen-bond acceptors (Lipinski definition) is 7. The average Bonchev–Trinajstić information content (AvgIpc) is 2.73. The number of nitrogens with one attached hydrogen (secondary N) is 1. The van der Waals surface area contributed by atoms with Crippen molar-refractivity contribution in [2.45, 2.75) is 4.90 Å². The van der Waals surface area contributed by atoms with Gasteiger partial charge in [-0.15, -0.1) is 0 Å². The smallest absolute Gasteiger partial charge is 0.267 e. The Morgan fingerprint density at radius 1 is 1.00 bits per heavy atom. The minimum atomic E-state index is -3.96. The van der Waals surface area contributed by atoms with E-state index in [-0.39, 0.29) is 32.7 Å². The Bertz CT molecular complexity index is 1420. The minimum absolute atomic E-state index is 0.0453. The molecule has 3 aromatic carbocycles. The summed E-state index contributed by atoms with van der Waals surface area (Å²) < 4.78 is 22.7. The number of hydrogen-bond donors (Lipinski definition) is 2. The molecular weight excluding hydrogens is 428 g/mol. The van der Waals surface area contributed by atoms with Crippen LogP contribution < -0.4 is 10.6 Å². The van der Waals surface area contributed by atoms with Crippen LogP contribution >= 0.6 is 0 Å². The molecule has 31 heavy (non-hydrogen) atoms. The van der Waals surface area contributed by atoms with Gasteiger partial charge in [0.1, 0.15) is 0 Å². The molecule has 0 fully saturated rings. The van der Waals surface area contributed by atoms with Gasteiger partial charge in [0.05, 0.1) is 20.9 Å². The number of non-ortho nitro benzene ring substituents is 1. The van der Waals surface area contributed by atoms with Crippen molar-refractivity contribution < 1.29 is 27.7 Å². The molecule has 11 nitrogen and oxygen atoms in total. The molecule has 0 atom stereocenters. The molecule has 0 bridgehead atoms. The van der Waals surface area contributed by atoms with Crippen LogP contribution in [0, 0.1) is 10.1 Å². The molecule has 1 heterocycles. The summed E-state index contributed by atoms with van der Waals surface area (Å²) >= 11 is 0. The Kier molecular flexibility index (Phi) is 4.52. The number of benzene rings is 3. The number of primary sulfonamides is 1. The summed E-state index contributed by atoms with van der Waals surface area (Å²) in [6, 6.07) is 11.3. The van der Waals surface area contributed by atoms with Gasteiger partial charge in [-0.25, -0.2) is 13.6 Å². The number of hydrazine groups is 1. The van der Waals surface area contributed by atoms with Crippen LogP contribution in [0.15, 0.2) is 59.5 Å². The topological polar surface area (TPSA) is 170 Å². The Labute approximate surface area is 174 Å². The molecule has 0 saturated heterocycles. The minimum Gasteiger partial charge on any atom is -0.267 e. The number of sulfonamides is 1. The van der Waals surface area contributed by atoms with Crippen LogP contribution in [0.4, 0.5) is 5.69 Å². The van der Waals surface area contributed by atoms with E-state index in [2.05, 4.69) is 5.43 Å². The molecule has 4 rings (SSSR count). The highest BCUT2D eigenvalue weighted by molar-refractivity contribution is 7.89. The molecule has 0 aromatic heterocycles. The largest absolute Gasteiger partial charge is 0.280 e. The van der Waals surface area contributed by atoms with E-state index in [4.69, 9.17) is 5.14 Å². The molecule has 0 aliphatic carbocycles. The van der Waals surface area contributed by atoms with Gasteiger partial charge in [0.25, 0.3) is 23.4 Å². The zero-order valence-corrected chi connectivity index (χ0v) is 16.3. The first-order chi connectivity index (χ1) is 14.6. The lowest BCUT2D eigenvalue weighted by Gasteiger charge is -2.27. The standard InChI is InChI=1S/C19H12N4O7S/c20-31(29,30)13-6-4-10(5-7-13)17(24)21-22-18(25)14-3-1-2-11-8-12(23(27)28)9-15(16(11)14)19(22)26/h1-9H,(H,21,24)(H2,20,29,30). The first-order valence-electron chi connectivity index (χ1n) is 8.62. The molecule has 156 valence electrons. The average molecular weight is 440 g/mol. The fourth-order valence-corrected chi connectivity index (χ4v) is 3.78. The third kappa shape index (κ3) is 3.39. The van der Waals surface area contributed by atoms with E-state index in [0.717, 1.165) is 30.3 Å². The molecule has 0 spiro atoms. The summed E-state index contributed by atoms with van der Waals surface area (Å²) in [4.78, 5) is 48.6. The predicted molar refractivity (Wildman–Crippen MR) is 106 cm³/mol. The second-order valence-corrected chi connectivity index (χ2v) is 8.17. The van der Waals surface area contributed by atoms with Gasteiger partial charge in [0.2, 0.25) is 10.0 Å². The SMILES string of the molecule is NS(=O)(=O)c1ccc(C(=O)NN2C(=O)c3cccc4cc([N+](=O)[O-])cc(c34)C2=O)cc1. The fraction of sp³-hybridized carbons (Fsp3) is 0. The third-order valence-corrected chi connectivity index (χ3v) is 5.63. The predicted octanol–water partition coefficient (Wildman–Crippen LogP) is 1.34. The van der Waals surface area contributed by atoms with E-state index in [0.29, 0.717) is 10.4 Å². The number of carbonyl (C=O) groups is 3. The van der Waals surface area contributed by atoms with Gasteiger partial charge in [-0.1, -0.05) is 12.1 Å². The number of carbonyl (C=O) groups excluding carboxylic acids is 3. The summed E-state index contributed by atoms with van der Waals surface area (Å²) in [6.45, 7) is 0. The Hall–Kier alpha value is -4.16. The van der Waals surface area contributed by atoms with Crippen molar-refractivity contribution in [1.29, 1.82) is 0 Å². The maximum atomic E-state index is 12.9. The van der Waals surface area contributed by atoms with Crippen molar-refractivity contribution in [3.8, 4) is 0 Å². The second kappa shape index (κ2) is 6.97. The van der Waals surface area contributed by atoms with E-state index in [9.17, 15) is 32.9 Å². The molecule has 3 amide bonds. The van der Waals surface area contributed by atoms with Crippen molar-refractivity contribution in [3.63, 3.8) is 0 Å². The lowest BCUT2D eigenvalue weighted by Crippen LogP contribution is -2.51. The quantitative estimate of drug-likeness (QED) is 0.350. The van der Waals surface area contributed by atoms with E-state index in [1.807, 2.05) is 0 Å².